The highest BCUT2D eigenvalue weighted by molar-refractivity contribution is 5.77. The standard InChI is InChI=1S/C21H28N4O4/c1-15-12-19(24-21(23-15)25-10-5-4-6-11-25)29-14-18(26)22-13-16-8-7-9-17(27-2)20(16)28-3/h7-9,12H,4-6,10-11,13-14H2,1-3H3,(H,22,26). The summed E-state index contributed by atoms with van der Waals surface area (Å²) in [6.45, 7) is 3.99. The number of amides is 1. The summed E-state index contributed by atoms with van der Waals surface area (Å²) >= 11 is 0. The zero-order chi connectivity index (χ0) is 20.6. The van der Waals surface area contributed by atoms with Crippen molar-refractivity contribution in [3.63, 3.8) is 0 Å². The number of piperidine rings is 1. The molecular formula is C21H28N4O4. The highest BCUT2D eigenvalue weighted by Gasteiger charge is 2.16. The van der Waals surface area contributed by atoms with Gasteiger partial charge < -0.3 is 24.4 Å². The molecule has 0 bridgehead atoms. The summed E-state index contributed by atoms with van der Waals surface area (Å²) in [6.07, 6.45) is 3.52. The number of ether oxygens (including phenoxy) is 3. The summed E-state index contributed by atoms with van der Waals surface area (Å²) in [5, 5.41) is 2.83. The number of rotatable bonds is 8. The van der Waals surface area contributed by atoms with Gasteiger partial charge in [-0.25, -0.2) is 4.98 Å². The first kappa shape index (κ1) is 20.7. The Morgan fingerprint density at radius 1 is 1.14 bits per heavy atom. The number of anilines is 1. The third kappa shape index (κ3) is 5.49. The van der Waals surface area contributed by atoms with E-state index in [9.17, 15) is 4.79 Å². The quantitative estimate of drug-likeness (QED) is 0.728. The molecule has 2 heterocycles. The van der Waals surface area contributed by atoms with Crippen molar-refractivity contribution in [1.29, 1.82) is 0 Å². The molecule has 1 aromatic carbocycles. The molecule has 29 heavy (non-hydrogen) atoms. The second-order valence-corrected chi connectivity index (χ2v) is 6.91. The first-order chi connectivity index (χ1) is 14.1. The predicted octanol–water partition coefficient (Wildman–Crippen LogP) is 2.49. The number of carbonyl (C=O) groups excluding carboxylic acids is 1. The lowest BCUT2D eigenvalue weighted by molar-refractivity contribution is -0.123. The SMILES string of the molecule is COc1cccc(CNC(=O)COc2cc(C)nc(N3CCCCC3)n2)c1OC. The molecule has 1 amide bonds. The number of nitrogens with one attached hydrogen (secondary N) is 1. The number of benzene rings is 1. The van der Waals surface area contributed by atoms with E-state index in [1.54, 1.807) is 20.3 Å². The molecule has 3 rings (SSSR count). The molecule has 1 aromatic heterocycles. The number of para-hydroxylation sites is 1. The molecule has 0 saturated carbocycles. The summed E-state index contributed by atoms with van der Waals surface area (Å²) in [7, 11) is 3.15. The normalized spacial score (nSPS) is 13.7. The number of aryl methyl sites for hydroxylation is 1. The van der Waals surface area contributed by atoms with Gasteiger partial charge in [0.05, 0.1) is 14.2 Å². The van der Waals surface area contributed by atoms with Gasteiger partial charge in [-0.3, -0.25) is 4.79 Å². The Bertz CT molecular complexity index is 837. The lowest BCUT2D eigenvalue weighted by Crippen LogP contribution is -2.31. The maximum Gasteiger partial charge on any atom is 0.258 e. The molecular weight excluding hydrogens is 372 g/mol. The zero-order valence-corrected chi connectivity index (χ0v) is 17.2. The van der Waals surface area contributed by atoms with E-state index in [4.69, 9.17) is 14.2 Å². The molecule has 8 nitrogen and oxygen atoms in total. The molecule has 0 spiro atoms. The molecule has 1 N–H and O–H groups in total. The van der Waals surface area contributed by atoms with Crippen LogP contribution in [0.25, 0.3) is 0 Å². The number of hydrogen-bond donors (Lipinski definition) is 1. The lowest BCUT2D eigenvalue weighted by Gasteiger charge is -2.26. The van der Waals surface area contributed by atoms with Gasteiger partial charge in [0.25, 0.3) is 5.91 Å². The third-order valence-corrected chi connectivity index (χ3v) is 4.77. The fraction of sp³-hybridized carbons (Fsp3) is 0.476. The molecule has 0 radical (unpaired) electrons. The fourth-order valence-electron chi connectivity index (χ4n) is 3.31. The molecule has 8 heteroatoms. The van der Waals surface area contributed by atoms with E-state index in [0.717, 1.165) is 37.2 Å². The topological polar surface area (TPSA) is 85.8 Å². The van der Waals surface area contributed by atoms with Crippen LogP contribution in [-0.2, 0) is 11.3 Å². The number of nitrogens with zero attached hydrogens (tertiary/aromatic N) is 3. The van der Waals surface area contributed by atoms with Gasteiger partial charge in [-0.15, -0.1) is 0 Å². The smallest absolute Gasteiger partial charge is 0.258 e. The minimum absolute atomic E-state index is 0.123. The molecule has 1 saturated heterocycles. The number of carbonyl (C=O) groups is 1. The molecule has 1 aliphatic rings. The molecule has 0 unspecified atom stereocenters. The minimum Gasteiger partial charge on any atom is -0.493 e. The van der Waals surface area contributed by atoms with Crippen LogP contribution in [0.1, 0.15) is 30.5 Å². The summed E-state index contributed by atoms with van der Waals surface area (Å²) in [5.41, 5.74) is 1.64. The van der Waals surface area contributed by atoms with Gasteiger partial charge in [0.1, 0.15) is 0 Å². The molecule has 0 aliphatic carbocycles. The lowest BCUT2D eigenvalue weighted by atomic mass is 10.1. The van der Waals surface area contributed by atoms with E-state index in [1.807, 2.05) is 25.1 Å². The molecule has 2 aromatic rings. The van der Waals surface area contributed by atoms with Crippen LogP contribution in [0.4, 0.5) is 5.95 Å². The van der Waals surface area contributed by atoms with E-state index in [0.29, 0.717) is 29.9 Å². The Labute approximate surface area is 171 Å². The van der Waals surface area contributed by atoms with Crippen LogP contribution in [0, 0.1) is 6.92 Å². The largest absolute Gasteiger partial charge is 0.493 e. The van der Waals surface area contributed by atoms with Crippen LogP contribution in [0.5, 0.6) is 17.4 Å². The third-order valence-electron chi connectivity index (χ3n) is 4.77. The molecule has 1 fully saturated rings. The summed E-state index contributed by atoms with van der Waals surface area (Å²) in [5.74, 6) is 2.06. The fourth-order valence-corrected chi connectivity index (χ4v) is 3.31. The average molecular weight is 400 g/mol. The van der Waals surface area contributed by atoms with Crippen LogP contribution < -0.4 is 24.4 Å². The number of hydrogen-bond acceptors (Lipinski definition) is 7. The van der Waals surface area contributed by atoms with E-state index < -0.39 is 0 Å². The Morgan fingerprint density at radius 3 is 2.66 bits per heavy atom. The second-order valence-electron chi connectivity index (χ2n) is 6.91. The Balaban J connectivity index is 1.56. The molecule has 0 atom stereocenters. The summed E-state index contributed by atoms with van der Waals surface area (Å²) in [6, 6.07) is 7.28. The van der Waals surface area contributed by atoms with Crippen molar-refractivity contribution in [2.24, 2.45) is 0 Å². The van der Waals surface area contributed by atoms with Gasteiger partial charge in [-0.05, 0) is 32.3 Å². The van der Waals surface area contributed by atoms with Crippen molar-refractivity contribution >= 4 is 11.9 Å². The monoisotopic (exact) mass is 400 g/mol. The van der Waals surface area contributed by atoms with Crippen LogP contribution in [-0.4, -0.2) is 49.8 Å². The Hall–Kier alpha value is -3.03. The van der Waals surface area contributed by atoms with Crippen LogP contribution in [0.15, 0.2) is 24.3 Å². The highest BCUT2D eigenvalue weighted by atomic mass is 16.5. The van der Waals surface area contributed by atoms with Gasteiger partial charge in [0.15, 0.2) is 18.1 Å². The van der Waals surface area contributed by atoms with Gasteiger partial charge >= 0.3 is 0 Å². The minimum atomic E-state index is -0.245. The maximum atomic E-state index is 12.3. The van der Waals surface area contributed by atoms with Gasteiger partial charge in [0, 0.05) is 37.0 Å². The van der Waals surface area contributed by atoms with Crippen molar-refractivity contribution < 1.29 is 19.0 Å². The number of methoxy groups -OCH3 is 2. The zero-order valence-electron chi connectivity index (χ0n) is 17.2. The van der Waals surface area contributed by atoms with Crippen molar-refractivity contribution in [1.82, 2.24) is 15.3 Å². The molecule has 1 aliphatic heterocycles. The van der Waals surface area contributed by atoms with E-state index in [-0.39, 0.29) is 12.5 Å². The van der Waals surface area contributed by atoms with Gasteiger partial charge in [0.2, 0.25) is 11.8 Å². The van der Waals surface area contributed by atoms with Crippen molar-refractivity contribution in [3.05, 3.63) is 35.5 Å². The van der Waals surface area contributed by atoms with E-state index in [1.165, 1.54) is 6.42 Å². The Kier molecular flexibility index (Phi) is 7.10. The average Bonchev–Trinajstić information content (AvgIpc) is 2.76. The Morgan fingerprint density at radius 2 is 1.93 bits per heavy atom. The van der Waals surface area contributed by atoms with E-state index in [2.05, 4.69) is 20.2 Å². The van der Waals surface area contributed by atoms with E-state index >= 15 is 0 Å². The summed E-state index contributed by atoms with van der Waals surface area (Å²) < 4.78 is 16.3. The second kappa shape index (κ2) is 9.95. The maximum absolute atomic E-state index is 12.3. The van der Waals surface area contributed by atoms with Crippen LogP contribution in [0.2, 0.25) is 0 Å². The van der Waals surface area contributed by atoms with Crippen molar-refractivity contribution in [2.45, 2.75) is 32.7 Å². The highest BCUT2D eigenvalue weighted by Crippen LogP contribution is 2.30. The first-order valence-corrected chi connectivity index (χ1v) is 9.80. The summed E-state index contributed by atoms with van der Waals surface area (Å²) in [4.78, 5) is 23.4. The van der Waals surface area contributed by atoms with Crippen molar-refractivity contribution in [2.75, 3.05) is 38.8 Å². The molecule has 156 valence electrons. The van der Waals surface area contributed by atoms with Gasteiger partial charge in [-0.2, -0.15) is 4.98 Å². The first-order valence-electron chi connectivity index (χ1n) is 9.80. The van der Waals surface area contributed by atoms with Crippen LogP contribution in [0.3, 0.4) is 0 Å². The number of aromatic nitrogens is 2. The van der Waals surface area contributed by atoms with Gasteiger partial charge in [-0.1, -0.05) is 12.1 Å². The predicted molar refractivity (Wildman–Crippen MR) is 110 cm³/mol. The van der Waals surface area contributed by atoms with Crippen LogP contribution >= 0.6 is 0 Å². The van der Waals surface area contributed by atoms with Crippen molar-refractivity contribution in [3.8, 4) is 17.4 Å².